The molecule has 0 radical (unpaired) electrons. The van der Waals surface area contributed by atoms with Gasteiger partial charge in [-0.1, -0.05) is 405 Å². The lowest BCUT2D eigenvalue weighted by Gasteiger charge is -2.09. The fourth-order valence-electron chi connectivity index (χ4n) is 14.4. The Kier molecular flexibility index (Phi) is 25.8. The van der Waals surface area contributed by atoms with Crippen LogP contribution in [0.1, 0.15) is 28.6 Å². The number of nitrogens with zero attached hydrogens (tertiary/aromatic N) is 15. The molecule has 0 spiro atoms. The normalized spacial score (nSPS) is 10.7. The van der Waals surface area contributed by atoms with Crippen LogP contribution >= 0.6 is 0 Å². The number of aromatic nitrogens is 15. The van der Waals surface area contributed by atoms with Crippen molar-refractivity contribution in [1.82, 2.24) is 74.8 Å². The van der Waals surface area contributed by atoms with Gasteiger partial charge in [-0.25, -0.2) is 74.8 Å². The Hall–Kier alpha value is -16.9. The van der Waals surface area contributed by atoms with Crippen molar-refractivity contribution in [1.29, 1.82) is 0 Å². The van der Waals surface area contributed by atoms with Crippen molar-refractivity contribution in [3.05, 3.63) is 453 Å². The van der Waals surface area contributed by atoms with Crippen LogP contribution < -0.4 is 0 Å². The summed E-state index contributed by atoms with van der Waals surface area (Å²) in [5, 5.41) is 4.78. The van der Waals surface area contributed by atoms with E-state index < -0.39 is 0 Å². The van der Waals surface area contributed by atoms with Crippen LogP contribution in [-0.4, -0.2) is 74.8 Å². The first kappa shape index (κ1) is 82.4. The number of hydrogen-bond acceptors (Lipinski definition) is 15. The molecule has 0 saturated carbocycles. The standard InChI is InChI=1S/C28H21N3.C24H17N3.2C22H17N3.C16H13N3/c1-20-29-27(25-16-8-14-23(18-25)21-10-4-2-5-11-21)31-28(30-20)26-17-9-15-24(19-26)22-12-6-3-7-13-22;1-16-25-23(21-12-10-17-6-2-4-8-19(17)14-21)27-24(26-16)22-13-11-18-7-3-5-9-20(18)15-22;1-16-9-8-14-19(15-16)22-24-20(17-10-4-2-5-11-17)23-21(25-22)18-12-6-3-7-13-18;1-16-12-14-19(15-13-16)22-24-20(17-8-4-2-5-9-17)23-21(25-22)18-10-6-3-7-11-18;1-12-17-15(13-8-4-2-5-9-13)19-16(18-12)14-10-6-3-7-11-14/h2-19H,1H3;2-15H,1H3;2*2-15H,1H3;2-11H,1H3. The van der Waals surface area contributed by atoms with Crippen molar-refractivity contribution >= 4 is 21.5 Å². The van der Waals surface area contributed by atoms with Gasteiger partial charge in [0.15, 0.2) is 69.9 Å². The number of aryl methyl sites for hydroxylation is 5. The first-order chi connectivity index (χ1) is 62.4. The third-order valence-corrected chi connectivity index (χ3v) is 20.8. The molecule has 0 unspecified atom stereocenters. The van der Waals surface area contributed by atoms with Crippen LogP contribution in [-0.2, 0) is 0 Å². The Bertz CT molecular complexity index is 6920. The lowest BCUT2D eigenvalue weighted by molar-refractivity contribution is 0.991. The maximum atomic E-state index is 4.82. The van der Waals surface area contributed by atoms with Crippen LogP contribution in [0.5, 0.6) is 0 Å². The summed E-state index contributed by atoms with van der Waals surface area (Å²) in [6.45, 7) is 9.86. The van der Waals surface area contributed by atoms with Gasteiger partial charge in [0.1, 0.15) is 17.5 Å². The van der Waals surface area contributed by atoms with E-state index in [2.05, 4.69) is 182 Å². The first-order valence-corrected chi connectivity index (χ1v) is 41.9. The van der Waals surface area contributed by atoms with Gasteiger partial charge in [-0.05, 0) is 109 Å². The van der Waals surface area contributed by atoms with Crippen molar-refractivity contribution < 1.29 is 0 Å². The lowest BCUT2D eigenvalue weighted by atomic mass is 10.0. The molecule has 5 aromatic heterocycles. The fourth-order valence-corrected chi connectivity index (χ4v) is 14.4. The average molecular weight is 1640 g/mol. The lowest BCUT2D eigenvalue weighted by Crippen LogP contribution is -2.00. The van der Waals surface area contributed by atoms with E-state index in [4.69, 9.17) is 39.9 Å². The summed E-state index contributed by atoms with van der Waals surface area (Å²) in [5.74, 6) is 10.5. The summed E-state index contributed by atoms with van der Waals surface area (Å²) in [5.41, 5.74) is 18.9. The highest BCUT2D eigenvalue weighted by Gasteiger charge is 2.18. The predicted molar refractivity (Wildman–Crippen MR) is 514 cm³/mol. The van der Waals surface area contributed by atoms with Crippen molar-refractivity contribution in [3.63, 3.8) is 0 Å². The highest BCUT2D eigenvalue weighted by molar-refractivity contribution is 5.88. The number of fused-ring (bicyclic) bond motifs is 2. The molecular weight excluding hydrogens is 1560 g/mol. The monoisotopic (exact) mass is 1640 g/mol. The van der Waals surface area contributed by atoms with Gasteiger partial charge in [0.05, 0.1) is 0 Å². The largest absolute Gasteiger partial charge is 0.213 e. The van der Waals surface area contributed by atoms with Crippen LogP contribution in [0.2, 0.25) is 0 Å². The molecule has 21 rings (SSSR count). The second kappa shape index (κ2) is 39.7. The summed E-state index contributed by atoms with van der Waals surface area (Å²) in [4.78, 5) is 69.6. The molecule has 16 aromatic carbocycles. The number of rotatable bonds is 14. The smallest absolute Gasteiger partial charge is 0.164 e. The first-order valence-electron chi connectivity index (χ1n) is 41.9. The van der Waals surface area contributed by atoms with Gasteiger partial charge < -0.3 is 0 Å². The van der Waals surface area contributed by atoms with E-state index in [1.54, 1.807) is 0 Å². The van der Waals surface area contributed by atoms with Crippen LogP contribution in [0.15, 0.2) is 425 Å². The zero-order valence-corrected chi connectivity index (χ0v) is 70.6. The molecule has 0 amide bonds. The minimum Gasteiger partial charge on any atom is -0.213 e. The summed E-state index contributed by atoms with van der Waals surface area (Å²) < 4.78 is 0. The van der Waals surface area contributed by atoms with Gasteiger partial charge in [-0.2, -0.15) is 0 Å². The number of hydrogen-bond donors (Lipinski definition) is 0. The Labute approximate surface area is 738 Å². The zero-order chi connectivity index (χ0) is 86.5. The third kappa shape index (κ3) is 21.2. The molecule has 0 aliphatic heterocycles. The number of benzene rings is 16. The van der Waals surface area contributed by atoms with Crippen molar-refractivity contribution in [2.75, 3.05) is 0 Å². The van der Waals surface area contributed by atoms with Gasteiger partial charge in [0, 0.05) is 66.8 Å². The predicted octanol–water partition coefficient (Wildman–Crippen LogP) is 26.5. The van der Waals surface area contributed by atoms with Crippen LogP contribution in [0.4, 0.5) is 0 Å². The quantitative estimate of drug-likeness (QED) is 0.0997. The van der Waals surface area contributed by atoms with Crippen molar-refractivity contribution in [2.24, 2.45) is 0 Å². The summed E-state index contributed by atoms with van der Waals surface area (Å²) in [6.07, 6.45) is 0. The Morgan fingerprint density at radius 1 is 0.110 bits per heavy atom. The van der Waals surface area contributed by atoms with Crippen LogP contribution in [0.3, 0.4) is 0 Å². The SMILES string of the molecule is Cc1ccc(-c2nc(-c3ccccc3)nc(-c3ccccc3)n2)cc1.Cc1cccc(-c2nc(-c3ccccc3)nc(-c3ccccc3)n2)c1.Cc1nc(-c2ccc3ccccc3c2)nc(-c2ccc3ccccc3c2)n1.Cc1nc(-c2cccc(-c3ccccc3)c2)nc(-c2cccc(-c3ccccc3)c2)n1.Cc1nc(-c2ccccc2)nc(-c2ccccc2)n1. The molecule has 0 aliphatic rings. The third-order valence-electron chi connectivity index (χ3n) is 20.8. The molecule has 5 heterocycles. The van der Waals surface area contributed by atoms with Gasteiger partial charge in [0.25, 0.3) is 0 Å². The minimum atomic E-state index is 0.685. The van der Waals surface area contributed by atoms with Crippen LogP contribution in [0, 0.1) is 34.6 Å². The molecule has 0 bridgehead atoms. The topological polar surface area (TPSA) is 193 Å². The second-order valence-corrected chi connectivity index (χ2v) is 30.2. The molecule has 0 N–H and O–H groups in total. The fraction of sp³-hybridized carbons (Fsp3) is 0.0446. The minimum absolute atomic E-state index is 0.685. The molecule has 0 atom stereocenters. The molecular formula is C112H85N15. The zero-order valence-electron chi connectivity index (χ0n) is 70.6. The van der Waals surface area contributed by atoms with E-state index in [1.807, 2.05) is 312 Å². The summed E-state index contributed by atoms with van der Waals surface area (Å²) in [6, 6.07) is 143. The van der Waals surface area contributed by atoms with E-state index in [1.165, 1.54) is 43.8 Å². The molecule has 15 heteroatoms. The Morgan fingerprint density at radius 3 is 0.583 bits per heavy atom. The maximum Gasteiger partial charge on any atom is 0.164 e. The summed E-state index contributed by atoms with van der Waals surface area (Å²) in [7, 11) is 0. The van der Waals surface area contributed by atoms with Gasteiger partial charge in [-0.3, -0.25) is 0 Å². The van der Waals surface area contributed by atoms with Gasteiger partial charge in [0.2, 0.25) is 0 Å². The molecule has 0 fully saturated rings. The van der Waals surface area contributed by atoms with Gasteiger partial charge in [-0.15, -0.1) is 0 Å². The van der Waals surface area contributed by atoms with Crippen molar-refractivity contribution in [2.45, 2.75) is 34.6 Å². The molecule has 0 saturated heterocycles. The molecule has 608 valence electrons. The van der Waals surface area contributed by atoms with E-state index in [-0.39, 0.29) is 0 Å². The Morgan fingerprint density at radius 2 is 0.299 bits per heavy atom. The van der Waals surface area contributed by atoms with E-state index >= 15 is 0 Å². The molecule has 0 aliphatic carbocycles. The molecule has 127 heavy (non-hydrogen) atoms. The highest BCUT2D eigenvalue weighted by atomic mass is 15.1. The summed E-state index contributed by atoms with van der Waals surface area (Å²) >= 11 is 0. The second-order valence-electron chi connectivity index (χ2n) is 30.2. The van der Waals surface area contributed by atoms with Crippen LogP contribution in [0.25, 0.3) is 180 Å². The van der Waals surface area contributed by atoms with E-state index in [0.29, 0.717) is 75.7 Å². The van der Waals surface area contributed by atoms with Gasteiger partial charge >= 0.3 is 0 Å². The maximum absolute atomic E-state index is 4.82. The van der Waals surface area contributed by atoms with E-state index in [0.717, 1.165) is 89.5 Å². The highest BCUT2D eigenvalue weighted by Crippen LogP contribution is 2.33. The van der Waals surface area contributed by atoms with E-state index in [9.17, 15) is 0 Å². The average Bonchev–Trinajstić information content (AvgIpc) is 0.807. The molecule has 15 nitrogen and oxygen atoms in total. The van der Waals surface area contributed by atoms with Crippen molar-refractivity contribution in [3.8, 4) is 159 Å². The Balaban J connectivity index is 0.000000113. The molecule has 21 aromatic rings.